The van der Waals surface area contributed by atoms with Gasteiger partial charge in [0, 0.05) is 13.1 Å². The summed E-state index contributed by atoms with van der Waals surface area (Å²) in [6, 6.07) is 5.07. The maximum absolute atomic E-state index is 11.9. The first-order valence-corrected chi connectivity index (χ1v) is 8.12. The molecule has 1 aromatic rings. The Morgan fingerprint density at radius 2 is 2.04 bits per heavy atom. The molecule has 0 radical (unpaired) electrons. The summed E-state index contributed by atoms with van der Waals surface area (Å²) in [7, 11) is 2.78. The Labute approximate surface area is 151 Å². The zero-order valence-electron chi connectivity index (χ0n) is 14.9. The van der Waals surface area contributed by atoms with E-state index in [-0.39, 0.29) is 19.1 Å². The highest BCUT2D eigenvalue weighted by Gasteiger charge is 2.13. The van der Waals surface area contributed by atoms with Crippen LogP contribution in [0.2, 0.25) is 0 Å². The van der Waals surface area contributed by atoms with E-state index < -0.39 is 5.97 Å². The number of amides is 1. The molecule has 1 saturated heterocycles. The molecule has 142 valence electrons. The first-order valence-electron chi connectivity index (χ1n) is 8.12. The molecular weight excluding hydrogens is 342 g/mol. The first kappa shape index (κ1) is 19.7. The summed E-state index contributed by atoms with van der Waals surface area (Å²) < 4.78 is 20.3. The average molecular weight is 365 g/mol. The van der Waals surface area contributed by atoms with Crippen LogP contribution in [0.15, 0.2) is 23.3 Å². The van der Waals surface area contributed by atoms with E-state index in [4.69, 9.17) is 14.2 Å². The highest BCUT2D eigenvalue weighted by molar-refractivity contribution is 5.84. The third kappa shape index (κ3) is 6.34. The van der Waals surface area contributed by atoms with Crippen molar-refractivity contribution >= 4 is 18.1 Å². The van der Waals surface area contributed by atoms with Gasteiger partial charge in [-0.15, -0.1) is 0 Å². The van der Waals surface area contributed by atoms with Crippen molar-refractivity contribution in [3.63, 3.8) is 0 Å². The second-order valence-electron chi connectivity index (χ2n) is 5.46. The van der Waals surface area contributed by atoms with Crippen LogP contribution >= 0.6 is 0 Å². The molecule has 1 aliphatic rings. The lowest BCUT2D eigenvalue weighted by Gasteiger charge is -2.25. The Bertz CT molecular complexity index is 643. The molecule has 1 heterocycles. The summed E-state index contributed by atoms with van der Waals surface area (Å²) >= 11 is 0. The van der Waals surface area contributed by atoms with Crippen molar-refractivity contribution in [2.45, 2.75) is 0 Å². The second kappa shape index (κ2) is 10.4. The molecule has 1 amide bonds. The van der Waals surface area contributed by atoms with Gasteiger partial charge in [0.2, 0.25) is 0 Å². The van der Waals surface area contributed by atoms with E-state index in [2.05, 4.69) is 15.3 Å². The number of nitrogens with one attached hydrogen (secondary N) is 1. The van der Waals surface area contributed by atoms with Crippen LogP contribution in [0.5, 0.6) is 11.5 Å². The van der Waals surface area contributed by atoms with Crippen LogP contribution in [0.4, 0.5) is 0 Å². The fraction of sp³-hybridized carbons (Fsp3) is 0.471. The molecule has 9 nitrogen and oxygen atoms in total. The third-order valence-corrected chi connectivity index (χ3v) is 3.63. The van der Waals surface area contributed by atoms with Crippen LogP contribution in [-0.4, -0.2) is 76.7 Å². The molecule has 0 aliphatic carbocycles. The number of benzene rings is 1. The summed E-state index contributed by atoms with van der Waals surface area (Å²) in [5, 5.41) is 3.95. The molecule has 0 saturated carbocycles. The molecule has 0 unspecified atom stereocenters. The van der Waals surface area contributed by atoms with Gasteiger partial charge >= 0.3 is 5.97 Å². The zero-order chi connectivity index (χ0) is 18.8. The van der Waals surface area contributed by atoms with Crippen LogP contribution in [-0.2, 0) is 19.1 Å². The van der Waals surface area contributed by atoms with Gasteiger partial charge < -0.3 is 18.9 Å². The molecule has 1 aliphatic heterocycles. The Balaban J connectivity index is 1.86. The number of carbonyl (C=O) groups is 2. The Morgan fingerprint density at radius 3 is 2.73 bits per heavy atom. The van der Waals surface area contributed by atoms with E-state index >= 15 is 0 Å². The number of esters is 1. The molecule has 26 heavy (non-hydrogen) atoms. The van der Waals surface area contributed by atoms with E-state index in [1.807, 2.05) is 4.90 Å². The minimum Gasteiger partial charge on any atom is -0.493 e. The van der Waals surface area contributed by atoms with Crippen molar-refractivity contribution in [1.82, 2.24) is 10.3 Å². The predicted molar refractivity (Wildman–Crippen MR) is 93.5 cm³/mol. The van der Waals surface area contributed by atoms with Gasteiger partial charge in [0.25, 0.3) is 5.91 Å². The van der Waals surface area contributed by atoms with Gasteiger partial charge in [0.15, 0.2) is 18.1 Å². The number of ether oxygens (including phenoxy) is 4. The fourth-order valence-electron chi connectivity index (χ4n) is 2.26. The lowest BCUT2D eigenvalue weighted by atomic mass is 10.2. The lowest BCUT2D eigenvalue weighted by Crippen LogP contribution is -2.42. The van der Waals surface area contributed by atoms with E-state index in [1.165, 1.54) is 20.4 Å². The van der Waals surface area contributed by atoms with Gasteiger partial charge in [-0.05, 0) is 23.8 Å². The molecule has 0 atom stereocenters. The molecule has 0 bridgehead atoms. The molecule has 9 heteroatoms. The fourth-order valence-corrected chi connectivity index (χ4v) is 2.26. The van der Waals surface area contributed by atoms with Crippen LogP contribution in [0.1, 0.15) is 5.56 Å². The molecular formula is C17H23N3O6. The van der Waals surface area contributed by atoms with Crippen molar-refractivity contribution in [2.24, 2.45) is 5.10 Å². The molecule has 1 fully saturated rings. The van der Waals surface area contributed by atoms with E-state index in [0.29, 0.717) is 30.3 Å². The topological polar surface area (TPSA) is 98.7 Å². The average Bonchev–Trinajstić information content (AvgIpc) is 2.67. The zero-order valence-corrected chi connectivity index (χ0v) is 14.9. The van der Waals surface area contributed by atoms with Crippen LogP contribution in [0, 0.1) is 0 Å². The van der Waals surface area contributed by atoms with Gasteiger partial charge in [0.1, 0.15) is 0 Å². The maximum Gasteiger partial charge on any atom is 0.343 e. The number of methoxy groups -OCH3 is 2. The Kier molecular flexibility index (Phi) is 7.84. The van der Waals surface area contributed by atoms with Crippen LogP contribution < -0.4 is 14.9 Å². The minimum absolute atomic E-state index is 0.187. The first-order chi connectivity index (χ1) is 12.6. The van der Waals surface area contributed by atoms with Gasteiger partial charge in [-0.1, -0.05) is 0 Å². The minimum atomic E-state index is -0.485. The quantitative estimate of drug-likeness (QED) is 0.394. The number of nitrogens with zero attached hydrogens (tertiary/aromatic N) is 2. The van der Waals surface area contributed by atoms with Crippen molar-refractivity contribution in [2.75, 3.05) is 53.7 Å². The molecule has 2 rings (SSSR count). The largest absolute Gasteiger partial charge is 0.493 e. The number of hydrazone groups is 1. The third-order valence-electron chi connectivity index (χ3n) is 3.63. The van der Waals surface area contributed by atoms with Crippen molar-refractivity contribution in [1.29, 1.82) is 0 Å². The normalized spacial score (nSPS) is 14.8. The number of rotatable bonds is 8. The lowest BCUT2D eigenvalue weighted by molar-refractivity contribution is -0.142. The predicted octanol–water partition coefficient (Wildman–Crippen LogP) is 0.0293. The monoisotopic (exact) mass is 365 g/mol. The number of hydrogen-bond acceptors (Lipinski definition) is 8. The van der Waals surface area contributed by atoms with Crippen molar-refractivity contribution < 1.29 is 28.5 Å². The SMILES string of the molecule is COC(=O)COc1ccc(/C=N/NC(=O)CN2CCOCC2)cc1OC. The summed E-state index contributed by atoms with van der Waals surface area (Å²) in [4.78, 5) is 25.0. The van der Waals surface area contributed by atoms with Gasteiger partial charge in [0.05, 0.1) is 40.2 Å². The summed E-state index contributed by atoms with van der Waals surface area (Å²) in [6.07, 6.45) is 1.50. The van der Waals surface area contributed by atoms with Crippen molar-refractivity contribution in [3.8, 4) is 11.5 Å². The number of hydrogen-bond donors (Lipinski definition) is 1. The number of carbonyl (C=O) groups excluding carboxylic acids is 2. The molecule has 1 aromatic carbocycles. The van der Waals surface area contributed by atoms with Gasteiger partial charge in [-0.2, -0.15) is 5.10 Å². The summed E-state index contributed by atoms with van der Waals surface area (Å²) in [5.41, 5.74) is 3.20. The standard InChI is InChI=1S/C17H23N3O6/c1-23-15-9-13(3-4-14(15)26-12-17(22)24-2)10-18-19-16(21)11-20-5-7-25-8-6-20/h3-4,9-10H,5-8,11-12H2,1-2H3,(H,19,21)/b18-10+. The number of morpholine rings is 1. The van der Waals surface area contributed by atoms with E-state index in [0.717, 1.165) is 13.1 Å². The van der Waals surface area contributed by atoms with Crippen LogP contribution in [0.25, 0.3) is 0 Å². The highest BCUT2D eigenvalue weighted by Crippen LogP contribution is 2.27. The summed E-state index contributed by atoms with van der Waals surface area (Å²) in [6.45, 7) is 2.83. The van der Waals surface area contributed by atoms with E-state index in [1.54, 1.807) is 18.2 Å². The van der Waals surface area contributed by atoms with Crippen molar-refractivity contribution in [3.05, 3.63) is 23.8 Å². The molecule has 0 spiro atoms. The Morgan fingerprint density at radius 1 is 1.27 bits per heavy atom. The van der Waals surface area contributed by atoms with Gasteiger partial charge in [-0.25, -0.2) is 10.2 Å². The summed E-state index contributed by atoms with van der Waals surface area (Å²) in [5.74, 6) is 0.178. The smallest absolute Gasteiger partial charge is 0.343 e. The van der Waals surface area contributed by atoms with Gasteiger partial charge in [-0.3, -0.25) is 9.69 Å². The second-order valence-corrected chi connectivity index (χ2v) is 5.46. The van der Waals surface area contributed by atoms with Crippen LogP contribution in [0.3, 0.4) is 0 Å². The highest BCUT2D eigenvalue weighted by atomic mass is 16.6. The van der Waals surface area contributed by atoms with E-state index in [9.17, 15) is 9.59 Å². The maximum atomic E-state index is 11.9. The Hall–Kier alpha value is -2.65. The molecule has 0 aromatic heterocycles. The molecule has 1 N–H and O–H groups in total.